The van der Waals surface area contributed by atoms with Crippen molar-refractivity contribution >= 4 is 23.1 Å². The molecule has 0 aromatic carbocycles. The van der Waals surface area contributed by atoms with E-state index in [1.54, 1.807) is 6.92 Å². The second-order valence-electron chi connectivity index (χ2n) is 2.46. The van der Waals surface area contributed by atoms with E-state index < -0.39 is 11.5 Å². The summed E-state index contributed by atoms with van der Waals surface area (Å²) in [5, 5.41) is -0.785. The first-order valence-electron chi connectivity index (χ1n) is 4.27. The summed E-state index contributed by atoms with van der Waals surface area (Å²) in [6.45, 7) is 4.19. The highest BCUT2D eigenvalue weighted by Crippen LogP contribution is 2.03. The van der Waals surface area contributed by atoms with Crippen LogP contribution in [0.25, 0.3) is 0 Å². The van der Waals surface area contributed by atoms with Gasteiger partial charge in [-0.2, -0.15) is 0 Å². The van der Waals surface area contributed by atoms with E-state index in [4.69, 9.17) is 11.6 Å². The molecule has 0 bridgehead atoms. The number of hydrogen-bond donors (Lipinski definition) is 0. The Morgan fingerprint density at radius 1 is 1.38 bits per heavy atom. The summed E-state index contributed by atoms with van der Waals surface area (Å²) in [5.74, 6) is 0. The van der Waals surface area contributed by atoms with Gasteiger partial charge in [-0.15, -0.1) is 0 Å². The van der Waals surface area contributed by atoms with Gasteiger partial charge in [0.1, 0.15) is 0 Å². The molecule has 0 unspecified atom stereocenters. The predicted molar refractivity (Wildman–Crippen MR) is 49.9 cm³/mol. The van der Waals surface area contributed by atoms with Crippen molar-refractivity contribution in [3.8, 4) is 0 Å². The Kier molecular flexibility index (Phi) is 6.32. The first-order valence-corrected chi connectivity index (χ1v) is 4.65. The van der Waals surface area contributed by atoms with Crippen molar-refractivity contribution < 1.29 is 14.3 Å². The fourth-order valence-electron chi connectivity index (χ4n) is 0.769. The maximum absolute atomic E-state index is 11.1. The number of rotatable bonds is 4. The van der Waals surface area contributed by atoms with Crippen LogP contribution in [0, 0.1) is 0 Å². The van der Waals surface area contributed by atoms with E-state index in [1.165, 1.54) is 0 Å². The van der Waals surface area contributed by atoms with Crippen LogP contribution in [0.5, 0.6) is 0 Å². The zero-order valence-corrected chi connectivity index (χ0v) is 8.63. The first kappa shape index (κ1) is 12.2. The molecule has 4 nitrogen and oxygen atoms in total. The van der Waals surface area contributed by atoms with E-state index in [1.807, 2.05) is 6.92 Å². The quantitative estimate of drug-likeness (QED) is 0.526. The molecular formula is C8H14ClNO3. The molecule has 0 heterocycles. The topological polar surface area (TPSA) is 46.6 Å². The maximum Gasteiger partial charge on any atom is 0.417 e. The van der Waals surface area contributed by atoms with Crippen molar-refractivity contribution in [1.29, 1.82) is 0 Å². The smallest absolute Gasteiger partial charge is 0.417 e. The number of halogens is 1. The number of imide groups is 1. The number of nitrogens with zero attached hydrogens (tertiary/aromatic N) is 1. The summed E-state index contributed by atoms with van der Waals surface area (Å²) >= 11 is 5.20. The Hall–Kier alpha value is -0.770. The van der Waals surface area contributed by atoms with E-state index >= 15 is 0 Å². The van der Waals surface area contributed by atoms with E-state index in [0.717, 1.165) is 17.7 Å². The van der Waals surface area contributed by atoms with Gasteiger partial charge in [-0.25, -0.2) is 9.69 Å². The van der Waals surface area contributed by atoms with E-state index in [-0.39, 0.29) is 6.61 Å². The molecular weight excluding hydrogens is 194 g/mol. The molecule has 0 fully saturated rings. The third-order valence-electron chi connectivity index (χ3n) is 1.44. The number of amides is 2. The van der Waals surface area contributed by atoms with Crippen molar-refractivity contribution in [3.63, 3.8) is 0 Å². The average Bonchev–Trinajstić information content (AvgIpc) is 2.05. The van der Waals surface area contributed by atoms with Crippen LogP contribution in [-0.4, -0.2) is 29.5 Å². The Morgan fingerprint density at radius 3 is 2.38 bits per heavy atom. The molecule has 0 aromatic rings. The molecule has 0 saturated carbocycles. The lowest BCUT2D eigenvalue weighted by Crippen LogP contribution is -2.34. The number of carbonyl (C=O) groups excluding carboxylic acids is 2. The summed E-state index contributed by atoms with van der Waals surface area (Å²) in [7, 11) is 0. The second-order valence-corrected chi connectivity index (χ2v) is 2.78. The summed E-state index contributed by atoms with van der Waals surface area (Å²) in [6.07, 6.45) is 0.952. The third kappa shape index (κ3) is 4.72. The van der Waals surface area contributed by atoms with Crippen LogP contribution in [0.4, 0.5) is 9.59 Å². The van der Waals surface area contributed by atoms with E-state index in [0.29, 0.717) is 6.54 Å². The molecule has 13 heavy (non-hydrogen) atoms. The number of ether oxygens (including phenoxy) is 1. The molecule has 0 aliphatic heterocycles. The molecule has 0 atom stereocenters. The highest BCUT2D eigenvalue weighted by molar-refractivity contribution is 6.63. The Balaban J connectivity index is 4.07. The minimum Gasteiger partial charge on any atom is -0.449 e. The van der Waals surface area contributed by atoms with Crippen molar-refractivity contribution in [3.05, 3.63) is 0 Å². The van der Waals surface area contributed by atoms with Gasteiger partial charge >= 0.3 is 11.5 Å². The number of hydrogen-bond acceptors (Lipinski definition) is 3. The average molecular weight is 208 g/mol. The van der Waals surface area contributed by atoms with Gasteiger partial charge in [0.25, 0.3) is 0 Å². The predicted octanol–water partition coefficient (Wildman–Crippen LogP) is 2.60. The zero-order chi connectivity index (χ0) is 10.3. The van der Waals surface area contributed by atoms with E-state index in [2.05, 4.69) is 4.74 Å². The Morgan fingerprint density at radius 2 is 2.00 bits per heavy atom. The van der Waals surface area contributed by atoms with Gasteiger partial charge in [0, 0.05) is 6.54 Å². The molecule has 0 aliphatic rings. The number of carbonyl (C=O) groups is 2. The molecule has 0 N–H and O–H groups in total. The first-order chi connectivity index (χ1) is 6.13. The highest BCUT2D eigenvalue weighted by atomic mass is 35.5. The van der Waals surface area contributed by atoms with Gasteiger partial charge in [-0.3, -0.25) is 4.79 Å². The van der Waals surface area contributed by atoms with Crippen LogP contribution in [0.2, 0.25) is 0 Å². The lowest BCUT2D eigenvalue weighted by Gasteiger charge is -2.15. The van der Waals surface area contributed by atoms with Crippen LogP contribution in [-0.2, 0) is 4.74 Å². The largest absolute Gasteiger partial charge is 0.449 e. The van der Waals surface area contributed by atoms with Crippen molar-refractivity contribution in [2.24, 2.45) is 0 Å². The van der Waals surface area contributed by atoms with Crippen LogP contribution < -0.4 is 0 Å². The number of unbranched alkanes of at least 4 members (excludes halogenated alkanes) is 1. The van der Waals surface area contributed by atoms with Gasteiger partial charge in [0.2, 0.25) is 0 Å². The van der Waals surface area contributed by atoms with Crippen molar-refractivity contribution in [2.75, 3.05) is 13.2 Å². The summed E-state index contributed by atoms with van der Waals surface area (Å²) < 4.78 is 4.64. The minimum atomic E-state index is -0.785. The van der Waals surface area contributed by atoms with Gasteiger partial charge in [-0.1, -0.05) is 13.3 Å². The second kappa shape index (κ2) is 6.71. The molecule has 76 valence electrons. The maximum atomic E-state index is 11.1. The lowest BCUT2D eigenvalue weighted by atomic mass is 10.3. The molecule has 0 saturated heterocycles. The van der Waals surface area contributed by atoms with Gasteiger partial charge in [0.15, 0.2) is 0 Å². The van der Waals surface area contributed by atoms with Crippen molar-refractivity contribution in [2.45, 2.75) is 26.7 Å². The SMILES string of the molecule is CCCCN(C(=O)Cl)C(=O)OCC. The Labute approximate surface area is 82.8 Å². The monoisotopic (exact) mass is 207 g/mol. The third-order valence-corrected chi connectivity index (χ3v) is 1.64. The van der Waals surface area contributed by atoms with E-state index in [9.17, 15) is 9.59 Å². The molecule has 0 rings (SSSR count). The van der Waals surface area contributed by atoms with Crippen LogP contribution in [0.1, 0.15) is 26.7 Å². The van der Waals surface area contributed by atoms with Crippen molar-refractivity contribution in [1.82, 2.24) is 4.90 Å². The molecule has 0 aromatic heterocycles. The van der Waals surface area contributed by atoms with Gasteiger partial charge < -0.3 is 4.74 Å². The summed E-state index contributed by atoms with van der Waals surface area (Å²) in [6, 6.07) is 0. The molecule has 2 amide bonds. The van der Waals surface area contributed by atoms with Crippen LogP contribution in [0.15, 0.2) is 0 Å². The standard InChI is InChI=1S/C8H14ClNO3/c1-3-5-6-10(7(9)11)8(12)13-4-2/h3-6H2,1-2H3. The fourth-order valence-corrected chi connectivity index (χ4v) is 0.922. The lowest BCUT2D eigenvalue weighted by molar-refractivity contribution is 0.119. The fraction of sp³-hybridized carbons (Fsp3) is 0.750. The zero-order valence-electron chi connectivity index (χ0n) is 7.88. The summed E-state index contributed by atoms with van der Waals surface area (Å²) in [5.41, 5.74) is 0. The Bertz CT molecular complexity index is 184. The van der Waals surface area contributed by atoms with Crippen LogP contribution >= 0.6 is 11.6 Å². The summed E-state index contributed by atoms with van der Waals surface area (Å²) in [4.78, 5) is 22.7. The molecule has 0 radical (unpaired) electrons. The van der Waals surface area contributed by atoms with Gasteiger partial charge in [-0.05, 0) is 24.9 Å². The normalized spacial score (nSPS) is 9.46. The highest BCUT2D eigenvalue weighted by Gasteiger charge is 2.19. The molecule has 5 heteroatoms. The van der Waals surface area contributed by atoms with Gasteiger partial charge in [0.05, 0.1) is 6.61 Å². The molecule has 0 spiro atoms. The molecule has 0 aliphatic carbocycles. The minimum absolute atomic E-state index is 0.242. The van der Waals surface area contributed by atoms with Crippen LogP contribution in [0.3, 0.4) is 0 Å².